The highest BCUT2D eigenvalue weighted by Crippen LogP contribution is 2.17. The minimum atomic E-state index is -0.807. The van der Waals surface area contributed by atoms with Crippen molar-refractivity contribution in [1.29, 1.82) is 0 Å². The van der Waals surface area contributed by atoms with Gasteiger partial charge in [0.2, 0.25) is 0 Å². The van der Waals surface area contributed by atoms with Crippen LogP contribution in [0.3, 0.4) is 0 Å². The van der Waals surface area contributed by atoms with E-state index in [0.717, 1.165) is 3.57 Å². The van der Waals surface area contributed by atoms with E-state index in [1.165, 1.54) is 16.8 Å². The van der Waals surface area contributed by atoms with Crippen LogP contribution in [-0.2, 0) is 0 Å². The van der Waals surface area contributed by atoms with Crippen LogP contribution in [0.25, 0.3) is 5.69 Å². The Hall–Kier alpha value is -1.44. The lowest BCUT2D eigenvalue weighted by Crippen LogP contribution is -2.17. The van der Waals surface area contributed by atoms with Crippen LogP contribution in [0, 0.1) is 9.39 Å². The molecule has 2 N–H and O–H groups in total. The quantitative estimate of drug-likeness (QED) is 0.852. The van der Waals surface area contributed by atoms with Gasteiger partial charge in [-0.3, -0.25) is 4.79 Å². The van der Waals surface area contributed by atoms with Gasteiger partial charge >= 0.3 is 0 Å². The summed E-state index contributed by atoms with van der Waals surface area (Å²) in [4.78, 5) is 11.2. The second-order valence-corrected chi connectivity index (χ2v) is 4.35. The van der Waals surface area contributed by atoms with Crippen LogP contribution in [0.15, 0.2) is 30.6 Å². The number of carbonyl (C=O) groups excluding carboxylic acids is 1. The summed E-state index contributed by atoms with van der Waals surface area (Å²) in [7, 11) is 0. The van der Waals surface area contributed by atoms with Crippen LogP contribution in [0.4, 0.5) is 4.39 Å². The summed E-state index contributed by atoms with van der Waals surface area (Å²) in [5.41, 5.74) is 5.33. The zero-order chi connectivity index (χ0) is 11.7. The second-order valence-electron chi connectivity index (χ2n) is 3.10. The average molecular weight is 331 g/mol. The first-order chi connectivity index (χ1) is 7.59. The lowest BCUT2D eigenvalue weighted by Gasteiger charge is -2.06. The third kappa shape index (κ3) is 1.92. The Morgan fingerprint density at radius 1 is 1.50 bits per heavy atom. The van der Waals surface area contributed by atoms with Crippen molar-refractivity contribution in [2.75, 3.05) is 0 Å². The third-order valence-corrected chi connectivity index (χ3v) is 2.59. The van der Waals surface area contributed by atoms with Crippen LogP contribution >= 0.6 is 22.6 Å². The standard InChI is InChI=1S/C10H7FIN3O/c11-7-2-1-3-8(9(7)10(13)16)15-5-6(12)4-14-15/h1-5H,(H2,13,16). The highest BCUT2D eigenvalue weighted by atomic mass is 127. The number of hydrogen-bond donors (Lipinski definition) is 1. The fourth-order valence-electron chi connectivity index (χ4n) is 1.38. The lowest BCUT2D eigenvalue weighted by atomic mass is 10.1. The summed E-state index contributed by atoms with van der Waals surface area (Å²) < 4.78 is 15.8. The molecule has 2 aromatic rings. The highest BCUT2D eigenvalue weighted by molar-refractivity contribution is 14.1. The van der Waals surface area contributed by atoms with Gasteiger partial charge in [-0.05, 0) is 34.7 Å². The smallest absolute Gasteiger partial charge is 0.253 e. The van der Waals surface area contributed by atoms with Crippen molar-refractivity contribution >= 4 is 28.5 Å². The largest absolute Gasteiger partial charge is 0.365 e. The predicted octanol–water partition coefficient (Wildman–Crippen LogP) is 1.71. The Balaban J connectivity index is 2.65. The van der Waals surface area contributed by atoms with Gasteiger partial charge in [-0.1, -0.05) is 6.07 Å². The number of amides is 1. The number of nitrogens with zero attached hydrogens (tertiary/aromatic N) is 2. The van der Waals surface area contributed by atoms with E-state index in [-0.39, 0.29) is 5.56 Å². The van der Waals surface area contributed by atoms with E-state index in [1.54, 1.807) is 18.5 Å². The molecular weight excluding hydrogens is 324 g/mol. The minimum absolute atomic E-state index is 0.151. The van der Waals surface area contributed by atoms with Gasteiger partial charge in [0, 0.05) is 6.20 Å². The van der Waals surface area contributed by atoms with Crippen LogP contribution in [0.1, 0.15) is 10.4 Å². The molecule has 0 unspecified atom stereocenters. The van der Waals surface area contributed by atoms with Crippen molar-refractivity contribution in [1.82, 2.24) is 9.78 Å². The molecule has 0 aliphatic carbocycles. The number of nitrogens with two attached hydrogens (primary N) is 1. The number of benzene rings is 1. The number of aromatic nitrogens is 2. The Morgan fingerprint density at radius 3 is 2.81 bits per heavy atom. The molecule has 0 bridgehead atoms. The predicted molar refractivity (Wildman–Crippen MR) is 64.8 cm³/mol. The van der Waals surface area contributed by atoms with Crippen LogP contribution in [0.2, 0.25) is 0 Å². The minimum Gasteiger partial charge on any atom is -0.365 e. The van der Waals surface area contributed by atoms with E-state index in [9.17, 15) is 9.18 Å². The van der Waals surface area contributed by atoms with E-state index in [2.05, 4.69) is 27.7 Å². The van der Waals surface area contributed by atoms with E-state index in [0.29, 0.717) is 5.69 Å². The van der Waals surface area contributed by atoms with E-state index >= 15 is 0 Å². The van der Waals surface area contributed by atoms with Crippen molar-refractivity contribution in [2.45, 2.75) is 0 Å². The van der Waals surface area contributed by atoms with Gasteiger partial charge < -0.3 is 5.73 Å². The van der Waals surface area contributed by atoms with Gasteiger partial charge in [0.25, 0.3) is 5.91 Å². The van der Waals surface area contributed by atoms with Crippen molar-refractivity contribution in [3.63, 3.8) is 0 Å². The third-order valence-electron chi connectivity index (χ3n) is 2.04. The number of carbonyl (C=O) groups is 1. The van der Waals surface area contributed by atoms with Crippen molar-refractivity contribution in [2.24, 2.45) is 5.73 Å². The van der Waals surface area contributed by atoms with Crippen LogP contribution in [-0.4, -0.2) is 15.7 Å². The summed E-state index contributed by atoms with van der Waals surface area (Å²) in [6, 6.07) is 4.29. The van der Waals surface area contributed by atoms with Gasteiger partial charge in [0.05, 0.1) is 15.5 Å². The number of rotatable bonds is 2. The number of halogens is 2. The first-order valence-electron chi connectivity index (χ1n) is 4.38. The Kier molecular flexibility index (Phi) is 2.90. The monoisotopic (exact) mass is 331 g/mol. The topological polar surface area (TPSA) is 60.9 Å². The molecule has 6 heteroatoms. The first-order valence-corrected chi connectivity index (χ1v) is 5.46. The molecule has 0 aliphatic heterocycles. The number of hydrogen-bond acceptors (Lipinski definition) is 2. The SMILES string of the molecule is NC(=O)c1c(F)cccc1-n1cc(I)cn1. The molecule has 1 aromatic carbocycles. The summed E-state index contributed by atoms with van der Waals surface area (Å²) in [6.45, 7) is 0. The molecule has 2 rings (SSSR count). The van der Waals surface area contributed by atoms with E-state index < -0.39 is 11.7 Å². The fraction of sp³-hybridized carbons (Fsp3) is 0. The average Bonchev–Trinajstić information content (AvgIpc) is 2.63. The van der Waals surface area contributed by atoms with E-state index in [4.69, 9.17) is 5.73 Å². The summed E-state index contributed by atoms with van der Waals surface area (Å²) in [5.74, 6) is -1.45. The molecule has 0 radical (unpaired) electrons. The van der Waals surface area contributed by atoms with Gasteiger partial charge in [0.15, 0.2) is 0 Å². The molecule has 0 saturated carbocycles. The molecule has 4 nitrogen and oxygen atoms in total. The molecule has 0 atom stereocenters. The van der Waals surface area contributed by atoms with Gasteiger partial charge in [-0.2, -0.15) is 5.10 Å². The van der Waals surface area contributed by atoms with Crippen molar-refractivity contribution < 1.29 is 9.18 Å². The highest BCUT2D eigenvalue weighted by Gasteiger charge is 2.15. The maximum absolute atomic E-state index is 13.4. The summed E-state index contributed by atoms with van der Waals surface area (Å²) in [5, 5.41) is 4.00. The first kappa shape index (κ1) is 11.1. The zero-order valence-electron chi connectivity index (χ0n) is 8.02. The van der Waals surface area contributed by atoms with Gasteiger partial charge in [0.1, 0.15) is 11.4 Å². The van der Waals surface area contributed by atoms with Crippen molar-refractivity contribution in [3.05, 3.63) is 45.5 Å². The van der Waals surface area contributed by atoms with Crippen molar-refractivity contribution in [3.8, 4) is 5.69 Å². The summed E-state index contributed by atoms with van der Waals surface area (Å²) >= 11 is 2.07. The Bertz CT molecular complexity index is 553. The zero-order valence-corrected chi connectivity index (χ0v) is 10.2. The molecule has 1 heterocycles. The van der Waals surface area contributed by atoms with Gasteiger partial charge in [-0.25, -0.2) is 9.07 Å². The maximum atomic E-state index is 13.4. The molecule has 0 spiro atoms. The normalized spacial score (nSPS) is 10.4. The molecule has 0 saturated heterocycles. The molecule has 82 valence electrons. The number of primary amides is 1. The maximum Gasteiger partial charge on any atom is 0.253 e. The fourth-order valence-corrected chi connectivity index (χ4v) is 1.77. The van der Waals surface area contributed by atoms with Crippen LogP contribution in [0.5, 0.6) is 0 Å². The summed E-state index contributed by atoms with van der Waals surface area (Å²) in [6.07, 6.45) is 3.29. The molecule has 0 aliphatic rings. The van der Waals surface area contributed by atoms with Gasteiger partial charge in [-0.15, -0.1) is 0 Å². The molecule has 1 aromatic heterocycles. The Labute approximate surface area is 104 Å². The molecular formula is C10H7FIN3O. The Morgan fingerprint density at radius 2 is 2.25 bits per heavy atom. The second kappa shape index (κ2) is 4.20. The molecule has 16 heavy (non-hydrogen) atoms. The lowest BCUT2D eigenvalue weighted by molar-refractivity contribution is 0.0996. The molecule has 1 amide bonds. The molecule has 0 fully saturated rings. The van der Waals surface area contributed by atoms with E-state index in [1.807, 2.05) is 0 Å². The van der Waals surface area contributed by atoms with Crippen LogP contribution < -0.4 is 5.73 Å².